The number of rotatable bonds is 4. The lowest BCUT2D eigenvalue weighted by atomic mass is 9.96. The lowest BCUT2D eigenvalue weighted by Crippen LogP contribution is -2.32. The third-order valence-electron chi connectivity index (χ3n) is 4.20. The summed E-state index contributed by atoms with van der Waals surface area (Å²) in [5, 5.41) is 3.51. The Morgan fingerprint density at radius 3 is 2.87 bits per heavy atom. The van der Waals surface area contributed by atoms with Gasteiger partial charge in [-0.1, -0.05) is 13.3 Å². The van der Waals surface area contributed by atoms with Gasteiger partial charge in [-0.05, 0) is 63.7 Å². The Balaban J connectivity index is 1.61. The van der Waals surface area contributed by atoms with Crippen LogP contribution in [0.1, 0.15) is 39.0 Å². The minimum atomic E-state index is 0.958. The van der Waals surface area contributed by atoms with Crippen LogP contribution in [-0.4, -0.2) is 37.6 Å². The van der Waals surface area contributed by atoms with Crippen molar-refractivity contribution in [3.8, 4) is 0 Å². The molecule has 0 aromatic carbocycles. The molecule has 0 aliphatic carbocycles. The van der Waals surface area contributed by atoms with Crippen LogP contribution in [0.3, 0.4) is 0 Å². The highest BCUT2D eigenvalue weighted by atomic mass is 15.1. The minimum absolute atomic E-state index is 0.958. The number of hydrogen-bond donors (Lipinski definition) is 1. The third-order valence-corrected chi connectivity index (χ3v) is 4.20. The number of likely N-dealkylation sites (tertiary alicyclic amines) is 1. The smallest absolute Gasteiger partial charge is 0.00100 e. The molecule has 0 amide bonds. The second-order valence-electron chi connectivity index (χ2n) is 5.36. The fourth-order valence-corrected chi connectivity index (χ4v) is 2.98. The van der Waals surface area contributed by atoms with E-state index >= 15 is 0 Å². The SMILES string of the molecule is CCC1CCN(CCC2CCCNC2)C1. The molecule has 0 spiro atoms. The van der Waals surface area contributed by atoms with Crippen molar-refractivity contribution in [1.29, 1.82) is 0 Å². The summed E-state index contributed by atoms with van der Waals surface area (Å²) in [6, 6.07) is 0. The average molecular weight is 210 g/mol. The van der Waals surface area contributed by atoms with Crippen molar-refractivity contribution in [3.63, 3.8) is 0 Å². The summed E-state index contributed by atoms with van der Waals surface area (Å²) in [6.07, 6.45) is 7.09. The van der Waals surface area contributed by atoms with Gasteiger partial charge >= 0.3 is 0 Å². The summed E-state index contributed by atoms with van der Waals surface area (Å²) in [7, 11) is 0. The van der Waals surface area contributed by atoms with E-state index in [0.717, 1.165) is 11.8 Å². The predicted molar refractivity (Wildman–Crippen MR) is 65.0 cm³/mol. The summed E-state index contributed by atoms with van der Waals surface area (Å²) >= 11 is 0. The Morgan fingerprint density at radius 1 is 1.27 bits per heavy atom. The third kappa shape index (κ3) is 3.46. The molecule has 2 atom stereocenters. The van der Waals surface area contributed by atoms with E-state index < -0.39 is 0 Å². The zero-order valence-electron chi connectivity index (χ0n) is 10.2. The molecule has 0 aromatic rings. The molecule has 2 heterocycles. The van der Waals surface area contributed by atoms with Gasteiger partial charge in [-0.15, -0.1) is 0 Å². The summed E-state index contributed by atoms with van der Waals surface area (Å²) in [5.41, 5.74) is 0. The first kappa shape index (κ1) is 11.4. The maximum absolute atomic E-state index is 3.51. The molecule has 2 unspecified atom stereocenters. The van der Waals surface area contributed by atoms with Crippen LogP contribution in [0.25, 0.3) is 0 Å². The number of hydrogen-bond acceptors (Lipinski definition) is 2. The minimum Gasteiger partial charge on any atom is -0.316 e. The van der Waals surface area contributed by atoms with E-state index in [1.165, 1.54) is 64.8 Å². The second kappa shape index (κ2) is 5.86. The van der Waals surface area contributed by atoms with Gasteiger partial charge < -0.3 is 10.2 Å². The summed E-state index contributed by atoms with van der Waals surface area (Å²) in [6.45, 7) is 8.93. The van der Waals surface area contributed by atoms with Crippen molar-refractivity contribution in [2.75, 3.05) is 32.7 Å². The van der Waals surface area contributed by atoms with Gasteiger partial charge in [-0.25, -0.2) is 0 Å². The molecule has 2 aliphatic rings. The zero-order chi connectivity index (χ0) is 10.5. The van der Waals surface area contributed by atoms with E-state index in [1.54, 1.807) is 0 Å². The van der Waals surface area contributed by atoms with Gasteiger partial charge in [0.25, 0.3) is 0 Å². The number of piperidine rings is 1. The molecule has 0 radical (unpaired) electrons. The first-order valence-electron chi connectivity index (χ1n) is 6.81. The number of nitrogens with one attached hydrogen (secondary N) is 1. The first-order valence-corrected chi connectivity index (χ1v) is 6.81. The predicted octanol–water partition coefficient (Wildman–Crippen LogP) is 2.11. The largest absolute Gasteiger partial charge is 0.316 e. The molecule has 15 heavy (non-hydrogen) atoms. The van der Waals surface area contributed by atoms with Gasteiger partial charge in [0.05, 0.1) is 0 Å². The standard InChI is InChI=1S/C13H26N2/c1-2-12-5-8-15(11-12)9-6-13-4-3-7-14-10-13/h12-14H,2-11H2,1H3. The zero-order valence-corrected chi connectivity index (χ0v) is 10.2. The Morgan fingerprint density at radius 2 is 2.20 bits per heavy atom. The van der Waals surface area contributed by atoms with E-state index in [1.807, 2.05) is 0 Å². The monoisotopic (exact) mass is 210 g/mol. The molecule has 2 heteroatoms. The van der Waals surface area contributed by atoms with Crippen LogP contribution in [0.2, 0.25) is 0 Å². The summed E-state index contributed by atoms with van der Waals surface area (Å²) < 4.78 is 0. The Labute approximate surface area is 94.4 Å². The Hall–Kier alpha value is -0.0800. The fourth-order valence-electron chi connectivity index (χ4n) is 2.98. The van der Waals surface area contributed by atoms with E-state index in [4.69, 9.17) is 0 Å². The average Bonchev–Trinajstić information content (AvgIpc) is 2.76. The molecule has 2 saturated heterocycles. The van der Waals surface area contributed by atoms with Gasteiger partial charge in [0.15, 0.2) is 0 Å². The molecule has 1 N–H and O–H groups in total. The fraction of sp³-hybridized carbons (Fsp3) is 1.00. The van der Waals surface area contributed by atoms with Crippen molar-refractivity contribution in [2.24, 2.45) is 11.8 Å². The van der Waals surface area contributed by atoms with E-state index in [2.05, 4.69) is 17.1 Å². The topological polar surface area (TPSA) is 15.3 Å². The van der Waals surface area contributed by atoms with Crippen molar-refractivity contribution < 1.29 is 0 Å². The quantitative estimate of drug-likeness (QED) is 0.764. The molecular weight excluding hydrogens is 184 g/mol. The van der Waals surface area contributed by atoms with Crippen LogP contribution in [-0.2, 0) is 0 Å². The van der Waals surface area contributed by atoms with Gasteiger partial charge in [0.2, 0.25) is 0 Å². The Bertz CT molecular complexity index is 175. The molecule has 0 saturated carbocycles. The molecule has 2 nitrogen and oxygen atoms in total. The van der Waals surface area contributed by atoms with Gasteiger partial charge in [0, 0.05) is 6.54 Å². The Kier molecular flexibility index (Phi) is 4.45. The maximum atomic E-state index is 3.51. The van der Waals surface area contributed by atoms with Crippen molar-refractivity contribution in [3.05, 3.63) is 0 Å². The van der Waals surface area contributed by atoms with Crippen LogP contribution in [0.4, 0.5) is 0 Å². The normalized spacial score (nSPS) is 33.4. The summed E-state index contributed by atoms with van der Waals surface area (Å²) in [5.74, 6) is 1.95. The van der Waals surface area contributed by atoms with E-state index in [-0.39, 0.29) is 0 Å². The number of nitrogens with zero attached hydrogens (tertiary/aromatic N) is 1. The highest BCUT2D eigenvalue weighted by Crippen LogP contribution is 2.21. The first-order chi connectivity index (χ1) is 7.38. The van der Waals surface area contributed by atoms with Crippen LogP contribution in [0.5, 0.6) is 0 Å². The van der Waals surface area contributed by atoms with Gasteiger partial charge in [-0.2, -0.15) is 0 Å². The lowest BCUT2D eigenvalue weighted by Gasteiger charge is -2.25. The molecule has 2 aliphatic heterocycles. The molecule has 2 fully saturated rings. The highest BCUT2D eigenvalue weighted by molar-refractivity contribution is 4.76. The van der Waals surface area contributed by atoms with E-state index in [9.17, 15) is 0 Å². The highest BCUT2D eigenvalue weighted by Gasteiger charge is 2.21. The van der Waals surface area contributed by atoms with Crippen molar-refractivity contribution >= 4 is 0 Å². The van der Waals surface area contributed by atoms with Crippen molar-refractivity contribution in [2.45, 2.75) is 39.0 Å². The molecular formula is C13H26N2. The molecule has 88 valence electrons. The van der Waals surface area contributed by atoms with E-state index in [0.29, 0.717) is 0 Å². The molecule has 0 aromatic heterocycles. The summed E-state index contributed by atoms with van der Waals surface area (Å²) in [4.78, 5) is 2.68. The van der Waals surface area contributed by atoms with Crippen LogP contribution < -0.4 is 5.32 Å². The van der Waals surface area contributed by atoms with Crippen LogP contribution >= 0.6 is 0 Å². The van der Waals surface area contributed by atoms with Gasteiger partial charge in [-0.3, -0.25) is 0 Å². The van der Waals surface area contributed by atoms with Gasteiger partial charge in [0.1, 0.15) is 0 Å². The second-order valence-corrected chi connectivity index (χ2v) is 5.36. The van der Waals surface area contributed by atoms with Crippen LogP contribution in [0.15, 0.2) is 0 Å². The lowest BCUT2D eigenvalue weighted by molar-refractivity contribution is 0.267. The molecule has 0 bridgehead atoms. The van der Waals surface area contributed by atoms with Crippen LogP contribution in [0, 0.1) is 11.8 Å². The van der Waals surface area contributed by atoms with Crippen molar-refractivity contribution in [1.82, 2.24) is 10.2 Å². The maximum Gasteiger partial charge on any atom is 0.00100 e. The molecule has 2 rings (SSSR count).